The second-order valence-corrected chi connectivity index (χ2v) is 3.85. The first-order valence-corrected chi connectivity index (χ1v) is 5.58. The van der Waals surface area contributed by atoms with Gasteiger partial charge in [0.1, 0.15) is 6.04 Å². The Kier molecular flexibility index (Phi) is 5.01. The van der Waals surface area contributed by atoms with E-state index in [1.165, 1.54) is 6.92 Å². The summed E-state index contributed by atoms with van der Waals surface area (Å²) in [5.74, 6) is -0.990. The average molecular weight is 264 g/mol. The Hall–Kier alpha value is -2.41. The fraction of sp³-hybridized carbons (Fsp3) is 0.250. The maximum atomic E-state index is 11.6. The summed E-state index contributed by atoms with van der Waals surface area (Å²) >= 11 is 0. The first kappa shape index (κ1) is 14.7. The van der Waals surface area contributed by atoms with Crippen LogP contribution in [-0.4, -0.2) is 31.2 Å². The van der Waals surface area contributed by atoms with E-state index in [-0.39, 0.29) is 0 Å². The lowest BCUT2D eigenvalue weighted by atomic mass is 10.2. The molecule has 2 amide bonds. The van der Waals surface area contributed by atoms with Crippen LogP contribution < -0.4 is 21.7 Å². The van der Waals surface area contributed by atoms with Gasteiger partial charge >= 0.3 is 0 Å². The van der Waals surface area contributed by atoms with Crippen LogP contribution in [-0.2, 0) is 14.4 Å². The third kappa shape index (κ3) is 3.78. The van der Waals surface area contributed by atoms with Crippen molar-refractivity contribution in [3.63, 3.8) is 0 Å². The number of hydrogen-bond donors (Lipinski definition) is 4. The van der Waals surface area contributed by atoms with Crippen LogP contribution in [0, 0.1) is 0 Å². The van der Waals surface area contributed by atoms with Gasteiger partial charge in [0, 0.05) is 12.7 Å². The van der Waals surface area contributed by atoms with E-state index in [0.717, 1.165) is 0 Å². The number of anilines is 3. The molecule has 0 radical (unpaired) electrons. The summed E-state index contributed by atoms with van der Waals surface area (Å²) in [6, 6.07) is 3.65. The molecule has 0 aromatic heterocycles. The molecule has 1 atom stereocenters. The van der Waals surface area contributed by atoms with Crippen molar-refractivity contribution in [2.24, 2.45) is 5.73 Å². The minimum absolute atomic E-state index is 0.411. The van der Waals surface area contributed by atoms with Crippen LogP contribution in [0.15, 0.2) is 18.2 Å². The van der Waals surface area contributed by atoms with Gasteiger partial charge in [-0.3, -0.25) is 14.4 Å². The molecule has 1 aromatic carbocycles. The largest absolute Gasteiger partial charge is 0.386 e. The molecule has 0 aliphatic carbocycles. The van der Waals surface area contributed by atoms with Gasteiger partial charge in [-0.05, 0) is 25.1 Å². The first-order chi connectivity index (χ1) is 8.99. The molecule has 0 fully saturated rings. The van der Waals surface area contributed by atoms with Crippen molar-refractivity contribution in [1.29, 1.82) is 0 Å². The summed E-state index contributed by atoms with van der Waals surface area (Å²) < 4.78 is 0. The van der Waals surface area contributed by atoms with E-state index in [1.807, 2.05) is 0 Å². The fourth-order valence-corrected chi connectivity index (χ4v) is 1.42. The summed E-state index contributed by atoms with van der Waals surface area (Å²) in [4.78, 5) is 33.0. The highest BCUT2D eigenvalue weighted by Crippen LogP contribution is 2.24. The lowest BCUT2D eigenvalue weighted by molar-refractivity contribution is -0.126. The number of carbonyl (C=O) groups is 3. The van der Waals surface area contributed by atoms with Gasteiger partial charge in [0.2, 0.25) is 12.3 Å². The zero-order valence-electron chi connectivity index (χ0n) is 10.7. The SMILES string of the molecule is CNc1cc(NC(=O)C(N)C(C)=O)ccc1NC=O. The van der Waals surface area contributed by atoms with Crippen molar-refractivity contribution in [2.45, 2.75) is 13.0 Å². The van der Waals surface area contributed by atoms with Crippen LogP contribution in [0.3, 0.4) is 0 Å². The molecule has 7 nitrogen and oxygen atoms in total. The Morgan fingerprint density at radius 1 is 1.32 bits per heavy atom. The second-order valence-electron chi connectivity index (χ2n) is 3.85. The number of benzene rings is 1. The fourth-order valence-electron chi connectivity index (χ4n) is 1.42. The molecule has 0 heterocycles. The molecule has 1 rings (SSSR count). The van der Waals surface area contributed by atoms with Crippen LogP contribution in [0.2, 0.25) is 0 Å². The van der Waals surface area contributed by atoms with Crippen molar-refractivity contribution in [1.82, 2.24) is 0 Å². The topological polar surface area (TPSA) is 113 Å². The lowest BCUT2D eigenvalue weighted by Crippen LogP contribution is -2.41. The number of nitrogens with one attached hydrogen (secondary N) is 3. The number of amides is 2. The third-order valence-electron chi connectivity index (χ3n) is 2.49. The molecule has 19 heavy (non-hydrogen) atoms. The van der Waals surface area contributed by atoms with Gasteiger partial charge in [-0.25, -0.2) is 0 Å². The number of carbonyl (C=O) groups excluding carboxylic acids is 3. The molecule has 1 unspecified atom stereocenters. The summed E-state index contributed by atoms with van der Waals surface area (Å²) in [6.07, 6.45) is 0.556. The van der Waals surface area contributed by atoms with Crippen molar-refractivity contribution in [3.05, 3.63) is 18.2 Å². The minimum atomic E-state index is -1.19. The van der Waals surface area contributed by atoms with E-state index in [0.29, 0.717) is 23.5 Å². The van der Waals surface area contributed by atoms with E-state index in [1.54, 1.807) is 25.2 Å². The van der Waals surface area contributed by atoms with Gasteiger partial charge in [-0.2, -0.15) is 0 Å². The maximum absolute atomic E-state index is 11.6. The molecule has 0 saturated heterocycles. The third-order valence-corrected chi connectivity index (χ3v) is 2.49. The van der Waals surface area contributed by atoms with Crippen LogP contribution in [0.5, 0.6) is 0 Å². The van der Waals surface area contributed by atoms with Gasteiger partial charge in [-0.1, -0.05) is 0 Å². The quantitative estimate of drug-likeness (QED) is 0.431. The number of hydrogen-bond acceptors (Lipinski definition) is 5. The summed E-state index contributed by atoms with van der Waals surface area (Å²) in [5.41, 5.74) is 7.10. The van der Waals surface area contributed by atoms with E-state index in [9.17, 15) is 14.4 Å². The number of Topliss-reactive ketones (excluding diaryl/α,β-unsaturated/α-hetero) is 1. The van der Waals surface area contributed by atoms with Crippen molar-refractivity contribution < 1.29 is 14.4 Å². The predicted molar refractivity (Wildman–Crippen MR) is 73.0 cm³/mol. The number of rotatable bonds is 6. The van der Waals surface area contributed by atoms with Crippen LogP contribution in [0.1, 0.15) is 6.92 Å². The Labute approximate surface area is 110 Å². The maximum Gasteiger partial charge on any atom is 0.248 e. The van der Waals surface area contributed by atoms with Gasteiger partial charge in [0.05, 0.1) is 11.4 Å². The molecular weight excluding hydrogens is 248 g/mol. The molecule has 0 aliphatic rings. The molecule has 5 N–H and O–H groups in total. The second kappa shape index (κ2) is 6.50. The van der Waals surface area contributed by atoms with Crippen LogP contribution in [0.4, 0.5) is 17.1 Å². The molecule has 0 saturated carbocycles. The molecule has 1 aromatic rings. The van der Waals surface area contributed by atoms with Crippen LogP contribution in [0.25, 0.3) is 0 Å². The van der Waals surface area contributed by atoms with Gasteiger partial charge in [0.15, 0.2) is 5.78 Å². The van der Waals surface area contributed by atoms with E-state index < -0.39 is 17.7 Å². The Balaban J connectivity index is 2.88. The Bertz CT molecular complexity index is 502. The summed E-state index contributed by atoms with van der Waals surface area (Å²) in [5, 5.41) is 7.92. The first-order valence-electron chi connectivity index (χ1n) is 5.58. The highest BCUT2D eigenvalue weighted by molar-refractivity contribution is 6.10. The van der Waals surface area contributed by atoms with Crippen molar-refractivity contribution in [2.75, 3.05) is 23.0 Å². The zero-order chi connectivity index (χ0) is 14.4. The minimum Gasteiger partial charge on any atom is -0.386 e. The number of nitrogens with two attached hydrogens (primary N) is 1. The lowest BCUT2D eigenvalue weighted by Gasteiger charge is -2.13. The highest BCUT2D eigenvalue weighted by atomic mass is 16.2. The molecular formula is C12H16N4O3. The van der Waals surface area contributed by atoms with Gasteiger partial charge in [-0.15, -0.1) is 0 Å². The molecule has 102 valence electrons. The molecule has 7 heteroatoms. The highest BCUT2D eigenvalue weighted by Gasteiger charge is 2.18. The van der Waals surface area contributed by atoms with E-state index >= 15 is 0 Å². The number of ketones is 1. The predicted octanol–water partition coefficient (Wildman–Crippen LogP) is 0.151. The molecule has 0 spiro atoms. The monoisotopic (exact) mass is 264 g/mol. The van der Waals surface area contributed by atoms with Gasteiger partial charge < -0.3 is 21.7 Å². The smallest absolute Gasteiger partial charge is 0.248 e. The Morgan fingerprint density at radius 2 is 2.00 bits per heavy atom. The Morgan fingerprint density at radius 3 is 2.53 bits per heavy atom. The summed E-state index contributed by atoms with van der Waals surface area (Å²) in [7, 11) is 1.68. The van der Waals surface area contributed by atoms with E-state index in [2.05, 4.69) is 16.0 Å². The van der Waals surface area contributed by atoms with Crippen LogP contribution >= 0.6 is 0 Å². The zero-order valence-corrected chi connectivity index (χ0v) is 10.7. The van der Waals surface area contributed by atoms with Gasteiger partial charge in [0.25, 0.3) is 0 Å². The van der Waals surface area contributed by atoms with Crippen molar-refractivity contribution in [3.8, 4) is 0 Å². The molecule has 0 aliphatic heterocycles. The molecule has 0 bridgehead atoms. The normalized spacial score (nSPS) is 11.3. The average Bonchev–Trinajstić information content (AvgIpc) is 2.39. The standard InChI is InChI=1S/C12H16N4O3/c1-7(18)11(13)12(19)16-8-3-4-9(15-6-17)10(5-8)14-2/h3-6,11,14H,13H2,1-2H3,(H,15,17)(H,16,19). The summed E-state index contributed by atoms with van der Waals surface area (Å²) in [6.45, 7) is 1.25. The van der Waals surface area contributed by atoms with Crippen molar-refractivity contribution >= 4 is 35.2 Å². The van der Waals surface area contributed by atoms with E-state index in [4.69, 9.17) is 5.73 Å².